The Hall–Kier alpha value is -2.67. The van der Waals surface area contributed by atoms with Gasteiger partial charge in [-0.1, -0.05) is 30.3 Å². The van der Waals surface area contributed by atoms with Gasteiger partial charge in [0.1, 0.15) is 10.2 Å². The van der Waals surface area contributed by atoms with Crippen molar-refractivity contribution in [2.45, 2.75) is 0 Å². The van der Waals surface area contributed by atoms with Crippen molar-refractivity contribution in [3.8, 4) is 5.75 Å². The fraction of sp³-hybridized carbons (Fsp3) is 0. The van der Waals surface area contributed by atoms with Crippen LogP contribution in [-0.2, 0) is 0 Å². The number of aromatic amines is 1. The minimum Gasteiger partial charge on any atom is -0.507 e. The normalized spacial score (nSPS) is 11.1. The average Bonchev–Trinajstić information content (AvgIpc) is 2.53. The molecule has 0 radical (unpaired) electrons. The van der Waals surface area contributed by atoms with E-state index in [-0.39, 0.29) is 11.3 Å². The van der Waals surface area contributed by atoms with E-state index in [0.717, 1.165) is 10.8 Å². The molecule has 2 aromatic carbocycles. The second-order valence-corrected chi connectivity index (χ2v) is 5.31. The van der Waals surface area contributed by atoms with Gasteiger partial charge in [-0.3, -0.25) is 10.2 Å². The molecule has 1 heterocycles. The number of nitrogens with one attached hydrogen (secondary N) is 2. The Bertz CT molecular complexity index is 921. The van der Waals surface area contributed by atoms with E-state index in [4.69, 9.17) is 0 Å². The van der Waals surface area contributed by atoms with Crippen LogP contribution in [0.3, 0.4) is 0 Å². The highest BCUT2D eigenvalue weighted by atomic mass is 79.9. The molecule has 22 heavy (non-hydrogen) atoms. The lowest BCUT2D eigenvalue weighted by atomic mass is 10.0. The van der Waals surface area contributed by atoms with E-state index >= 15 is 0 Å². The van der Waals surface area contributed by atoms with Gasteiger partial charge in [-0.25, -0.2) is 5.10 Å². The van der Waals surface area contributed by atoms with Crippen molar-refractivity contribution in [1.82, 2.24) is 10.2 Å². The third-order valence-electron chi connectivity index (χ3n) is 3.12. The van der Waals surface area contributed by atoms with E-state index in [9.17, 15) is 9.90 Å². The molecule has 3 rings (SSSR count). The molecule has 6 nitrogen and oxygen atoms in total. The van der Waals surface area contributed by atoms with Gasteiger partial charge in [0.05, 0.1) is 18.1 Å². The molecule has 0 unspecified atom stereocenters. The first-order valence-corrected chi connectivity index (χ1v) is 7.19. The Kier molecular flexibility index (Phi) is 3.88. The molecule has 7 heteroatoms. The summed E-state index contributed by atoms with van der Waals surface area (Å²) in [6.07, 6.45) is 2.94. The van der Waals surface area contributed by atoms with Gasteiger partial charge in [0.25, 0.3) is 5.56 Å². The van der Waals surface area contributed by atoms with E-state index in [1.807, 2.05) is 30.3 Å². The summed E-state index contributed by atoms with van der Waals surface area (Å²) in [7, 11) is 0. The molecule has 0 amide bonds. The van der Waals surface area contributed by atoms with Gasteiger partial charge in [-0.15, -0.1) is 0 Å². The molecule has 0 bridgehead atoms. The second-order valence-electron chi connectivity index (χ2n) is 4.52. The fourth-order valence-corrected chi connectivity index (χ4v) is 2.33. The Labute approximate surface area is 133 Å². The molecule has 0 saturated heterocycles. The Morgan fingerprint density at radius 1 is 1.27 bits per heavy atom. The summed E-state index contributed by atoms with van der Waals surface area (Å²) in [5.41, 5.74) is 3.40. The molecular weight excluding hydrogens is 348 g/mol. The monoisotopic (exact) mass is 358 g/mol. The van der Waals surface area contributed by atoms with E-state index in [1.54, 1.807) is 6.07 Å². The lowest BCUT2D eigenvalue weighted by Gasteiger charge is -2.05. The van der Waals surface area contributed by atoms with Crippen molar-refractivity contribution in [2.75, 3.05) is 5.43 Å². The van der Waals surface area contributed by atoms with Gasteiger partial charge >= 0.3 is 0 Å². The van der Waals surface area contributed by atoms with E-state index in [0.29, 0.717) is 15.7 Å². The number of aromatic hydroxyl groups is 1. The Balaban J connectivity index is 1.95. The van der Waals surface area contributed by atoms with Crippen LogP contribution < -0.4 is 11.0 Å². The third kappa shape index (κ3) is 2.71. The minimum absolute atomic E-state index is 0.132. The first-order chi connectivity index (χ1) is 10.7. The van der Waals surface area contributed by atoms with Crippen LogP contribution in [-0.4, -0.2) is 21.5 Å². The number of H-pyrrole nitrogens is 1. The molecule has 110 valence electrons. The van der Waals surface area contributed by atoms with Gasteiger partial charge in [0.2, 0.25) is 0 Å². The van der Waals surface area contributed by atoms with Crippen LogP contribution in [0.2, 0.25) is 0 Å². The summed E-state index contributed by atoms with van der Waals surface area (Å²) in [5, 5.41) is 21.9. The number of aromatic nitrogens is 2. The van der Waals surface area contributed by atoms with Gasteiger partial charge in [-0.2, -0.15) is 10.2 Å². The van der Waals surface area contributed by atoms with Crippen LogP contribution in [0.4, 0.5) is 5.69 Å². The maximum absolute atomic E-state index is 11.4. The molecule has 0 fully saturated rings. The summed E-state index contributed by atoms with van der Waals surface area (Å²) >= 11 is 3.15. The highest BCUT2D eigenvalue weighted by Gasteiger charge is 2.05. The third-order valence-corrected chi connectivity index (χ3v) is 3.91. The van der Waals surface area contributed by atoms with Gasteiger partial charge in [-0.05, 0) is 32.8 Å². The number of halogens is 1. The average molecular weight is 359 g/mol. The standard InChI is InChI=1S/C15H11BrN4O2/c16-14-12(8-18-20-15(14)22)19-17-7-11-10-4-2-1-3-9(10)5-6-13(11)21/h1-8,21H,(H2,19,20,22)/b17-7-. The number of anilines is 1. The molecule has 3 N–H and O–H groups in total. The molecule has 0 spiro atoms. The van der Waals surface area contributed by atoms with E-state index in [1.165, 1.54) is 12.4 Å². The van der Waals surface area contributed by atoms with Crippen molar-refractivity contribution >= 4 is 38.6 Å². The second kappa shape index (κ2) is 5.98. The van der Waals surface area contributed by atoms with Gasteiger partial charge in [0.15, 0.2) is 0 Å². The molecule has 1 aromatic heterocycles. The quantitative estimate of drug-likeness (QED) is 0.496. The lowest BCUT2D eigenvalue weighted by molar-refractivity contribution is 0.475. The topological polar surface area (TPSA) is 90.4 Å². The number of hydrazone groups is 1. The zero-order valence-corrected chi connectivity index (χ0v) is 12.8. The van der Waals surface area contributed by atoms with Gasteiger partial charge in [0, 0.05) is 5.56 Å². The largest absolute Gasteiger partial charge is 0.507 e. The number of nitrogens with zero attached hydrogens (tertiary/aromatic N) is 2. The van der Waals surface area contributed by atoms with E-state index < -0.39 is 0 Å². The highest BCUT2D eigenvalue weighted by molar-refractivity contribution is 9.10. The zero-order valence-electron chi connectivity index (χ0n) is 11.2. The van der Waals surface area contributed by atoms with Gasteiger partial charge < -0.3 is 5.11 Å². The number of hydrogen-bond donors (Lipinski definition) is 3. The van der Waals surface area contributed by atoms with Crippen LogP contribution in [0.5, 0.6) is 5.75 Å². The molecule has 0 saturated carbocycles. The number of hydrogen-bond acceptors (Lipinski definition) is 5. The van der Waals surface area contributed by atoms with Crippen LogP contribution in [0.1, 0.15) is 5.56 Å². The predicted octanol–water partition coefficient (Wildman–Crippen LogP) is 2.84. The molecule has 0 atom stereocenters. The van der Waals surface area contributed by atoms with Crippen LogP contribution in [0.25, 0.3) is 10.8 Å². The number of rotatable bonds is 3. The molecule has 0 aliphatic carbocycles. The van der Waals surface area contributed by atoms with Crippen molar-refractivity contribution in [2.24, 2.45) is 5.10 Å². The summed E-state index contributed by atoms with van der Waals surface area (Å²) in [4.78, 5) is 11.4. The highest BCUT2D eigenvalue weighted by Crippen LogP contribution is 2.25. The van der Waals surface area contributed by atoms with Crippen LogP contribution in [0, 0.1) is 0 Å². The molecule has 3 aromatic rings. The number of phenolic OH excluding ortho intramolecular Hbond substituents is 1. The SMILES string of the molecule is O=c1[nH]ncc(N/N=C\c2c(O)ccc3ccccc23)c1Br. The lowest BCUT2D eigenvalue weighted by Crippen LogP contribution is -2.10. The first-order valence-electron chi connectivity index (χ1n) is 6.40. The number of fused-ring (bicyclic) bond motifs is 1. The predicted molar refractivity (Wildman–Crippen MR) is 89.4 cm³/mol. The summed E-state index contributed by atoms with van der Waals surface area (Å²) in [5.74, 6) is 0.132. The van der Waals surface area contributed by atoms with Crippen molar-refractivity contribution in [1.29, 1.82) is 0 Å². The zero-order chi connectivity index (χ0) is 15.5. The first kappa shape index (κ1) is 14.3. The summed E-state index contributed by atoms with van der Waals surface area (Å²) in [6.45, 7) is 0. The van der Waals surface area contributed by atoms with Crippen LogP contribution in [0.15, 0.2) is 57.0 Å². The summed E-state index contributed by atoms with van der Waals surface area (Å²) < 4.78 is 0.307. The number of benzene rings is 2. The molecular formula is C15H11BrN4O2. The van der Waals surface area contributed by atoms with Crippen molar-refractivity contribution in [3.63, 3.8) is 0 Å². The van der Waals surface area contributed by atoms with Crippen molar-refractivity contribution in [3.05, 3.63) is 63.0 Å². The molecule has 0 aliphatic rings. The Morgan fingerprint density at radius 3 is 2.95 bits per heavy atom. The van der Waals surface area contributed by atoms with Crippen LogP contribution >= 0.6 is 15.9 Å². The summed E-state index contributed by atoms with van der Waals surface area (Å²) in [6, 6.07) is 11.1. The smallest absolute Gasteiger partial charge is 0.280 e. The number of phenols is 1. The van der Waals surface area contributed by atoms with E-state index in [2.05, 4.69) is 36.7 Å². The Morgan fingerprint density at radius 2 is 2.09 bits per heavy atom. The molecule has 0 aliphatic heterocycles. The van der Waals surface area contributed by atoms with Crippen molar-refractivity contribution < 1.29 is 5.11 Å². The minimum atomic E-state index is -0.354. The fourth-order valence-electron chi connectivity index (χ4n) is 2.05. The maximum Gasteiger partial charge on any atom is 0.280 e. The maximum atomic E-state index is 11.4.